The Morgan fingerprint density at radius 1 is 1.50 bits per heavy atom. The minimum atomic E-state index is -0.187. The maximum absolute atomic E-state index is 13.6. The first-order valence-corrected chi connectivity index (χ1v) is 6.88. The summed E-state index contributed by atoms with van der Waals surface area (Å²) < 4.78 is 15.9. The second-order valence-corrected chi connectivity index (χ2v) is 5.59. The van der Waals surface area contributed by atoms with Gasteiger partial charge in [0.25, 0.3) is 0 Å². The van der Waals surface area contributed by atoms with Crippen molar-refractivity contribution >= 4 is 22.6 Å². The van der Waals surface area contributed by atoms with Crippen LogP contribution in [0, 0.1) is 18.7 Å². The molecule has 0 saturated heterocycles. The molecule has 1 fully saturated rings. The predicted molar refractivity (Wildman–Crippen MR) is 71.7 cm³/mol. The molecule has 1 heterocycles. The maximum Gasteiger partial charge on any atom is 0.128 e. The van der Waals surface area contributed by atoms with E-state index < -0.39 is 0 Å². The van der Waals surface area contributed by atoms with Crippen molar-refractivity contribution in [3.05, 3.63) is 29.3 Å². The molecule has 1 aromatic heterocycles. The first-order chi connectivity index (χ1) is 8.61. The van der Waals surface area contributed by atoms with Crippen LogP contribution in [0.3, 0.4) is 0 Å². The average molecular weight is 267 g/mol. The second-order valence-electron chi connectivity index (χ2n) is 5.21. The van der Waals surface area contributed by atoms with Crippen LogP contribution in [0.5, 0.6) is 0 Å². The van der Waals surface area contributed by atoms with E-state index in [1.165, 1.54) is 12.5 Å². The van der Waals surface area contributed by atoms with Gasteiger partial charge in [0.2, 0.25) is 0 Å². The highest BCUT2D eigenvalue weighted by atomic mass is 35.5. The van der Waals surface area contributed by atoms with Crippen LogP contribution in [0.1, 0.15) is 30.8 Å². The van der Waals surface area contributed by atoms with Gasteiger partial charge in [0.1, 0.15) is 11.6 Å². The van der Waals surface area contributed by atoms with E-state index in [1.54, 1.807) is 6.92 Å². The van der Waals surface area contributed by atoms with E-state index in [9.17, 15) is 4.39 Å². The van der Waals surface area contributed by atoms with Crippen LogP contribution in [-0.2, 0) is 6.42 Å². The molecular weight excluding hydrogens is 251 g/mol. The molecule has 1 aromatic carbocycles. The molecule has 18 heavy (non-hydrogen) atoms. The fourth-order valence-electron chi connectivity index (χ4n) is 2.56. The molecule has 2 atom stereocenters. The Hall–Kier alpha value is -1.09. The van der Waals surface area contributed by atoms with Crippen molar-refractivity contribution in [3.63, 3.8) is 0 Å². The van der Waals surface area contributed by atoms with Gasteiger partial charge in [-0.3, -0.25) is 0 Å². The van der Waals surface area contributed by atoms with Crippen LogP contribution in [-0.4, -0.2) is 15.4 Å². The molecule has 1 saturated carbocycles. The quantitative estimate of drug-likeness (QED) is 0.772. The molecule has 2 nitrogen and oxygen atoms in total. The monoisotopic (exact) mass is 266 g/mol. The number of alkyl halides is 1. The van der Waals surface area contributed by atoms with E-state index in [1.807, 2.05) is 6.07 Å². The van der Waals surface area contributed by atoms with Crippen LogP contribution in [0.4, 0.5) is 4.39 Å². The molecule has 0 bridgehead atoms. The Labute approximate surface area is 111 Å². The summed E-state index contributed by atoms with van der Waals surface area (Å²) in [7, 11) is 0. The molecule has 2 aromatic rings. The zero-order valence-corrected chi connectivity index (χ0v) is 11.3. The van der Waals surface area contributed by atoms with Crippen LogP contribution < -0.4 is 0 Å². The highest BCUT2D eigenvalue weighted by Gasteiger charge is 2.36. The zero-order chi connectivity index (χ0) is 12.9. The lowest BCUT2D eigenvalue weighted by Crippen LogP contribution is -2.03. The fraction of sp³-hybridized carbons (Fsp3) is 0.500. The summed E-state index contributed by atoms with van der Waals surface area (Å²) in [6.07, 6.45) is 1.91. The zero-order valence-electron chi connectivity index (χ0n) is 10.6. The van der Waals surface area contributed by atoms with Gasteiger partial charge in [0.05, 0.1) is 11.0 Å². The lowest BCUT2D eigenvalue weighted by molar-refractivity contribution is 0.619. The third-order valence-electron chi connectivity index (χ3n) is 3.76. The summed E-state index contributed by atoms with van der Waals surface area (Å²) in [6, 6.07) is 3.95. The van der Waals surface area contributed by atoms with E-state index in [4.69, 9.17) is 11.6 Å². The predicted octanol–water partition coefficient (Wildman–Crippen LogP) is 3.85. The number of hydrogen-bond donors (Lipinski definition) is 0. The molecule has 0 aliphatic heterocycles. The third kappa shape index (κ3) is 1.81. The van der Waals surface area contributed by atoms with Crippen molar-refractivity contribution in [1.82, 2.24) is 9.55 Å². The minimum Gasteiger partial charge on any atom is -0.325 e. The van der Waals surface area contributed by atoms with Crippen LogP contribution in [0.25, 0.3) is 11.0 Å². The van der Waals surface area contributed by atoms with Crippen LogP contribution in [0.15, 0.2) is 12.1 Å². The van der Waals surface area contributed by atoms with Crippen LogP contribution in [0.2, 0.25) is 0 Å². The number of halogens is 2. The van der Waals surface area contributed by atoms with E-state index in [0.717, 1.165) is 23.3 Å². The Kier molecular flexibility index (Phi) is 2.81. The number of aryl methyl sites for hydroxylation is 2. The van der Waals surface area contributed by atoms with Gasteiger partial charge in [-0.1, -0.05) is 6.92 Å². The Balaban J connectivity index is 2.21. The average Bonchev–Trinajstić information content (AvgIpc) is 2.92. The lowest BCUT2D eigenvalue weighted by atomic mass is 10.2. The SMILES string of the molecule is Cc1cc2c(cc1F)nc(CCCl)n2C1CC1C. The Bertz CT molecular complexity index is 605. The molecule has 3 rings (SSSR count). The first-order valence-electron chi connectivity index (χ1n) is 6.34. The molecule has 1 aliphatic carbocycles. The van der Waals surface area contributed by atoms with Crippen molar-refractivity contribution < 1.29 is 4.39 Å². The molecule has 96 valence electrons. The number of rotatable bonds is 3. The van der Waals surface area contributed by atoms with Gasteiger partial charge in [-0.25, -0.2) is 9.37 Å². The van der Waals surface area contributed by atoms with Crippen molar-refractivity contribution in [1.29, 1.82) is 0 Å². The summed E-state index contributed by atoms with van der Waals surface area (Å²) in [4.78, 5) is 4.54. The molecule has 1 aliphatic rings. The Morgan fingerprint density at radius 3 is 2.83 bits per heavy atom. The maximum atomic E-state index is 13.6. The summed E-state index contributed by atoms with van der Waals surface area (Å²) >= 11 is 5.83. The third-order valence-corrected chi connectivity index (χ3v) is 3.95. The van der Waals surface area contributed by atoms with E-state index in [-0.39, 0.29) is 5.82 Å². The van der Waals surface area contributed by atoms with Crippen molar-refractivity contribution in [2.75, 3.05) is 5.88 Å². The number of benzene rings is 1. The van der Waals surface area contributed by atoms with Gasteiger partial charge < -0.3 is 4.57 Å². The molecule has 2 unspecified atom stereocenters. The van der Waals surface area contributed by atoms with Gasteiger partial charge in [0.15, 0.2) is 0 Å². The standard InChI is InChI=1S/C14H16ClFN2/c1-8-5-13-11(7-10(8)16)17-14(3-4-15)18(13)12-6-9(12)2/h5,7,9,12H,3-4,6H2,1-2H3. The Morgan fingerprint density at radius 2 is 2.22 bits per heavy atom. The van der Waals surface area contributed by atoms with E-state index in [2.05, 4.69) is 16.5 Å². The fourth-order valence-corrected chi connectivity index (χ4v) is 2.73. The highest BCUT2D eigenvalue weighted by Crippen LogP contribution is 2.45. The van der Waals surface area contributed by atoms with Gasteiger partial charge in [-0.2, -0.15) is 0 Å². The van der Waals surface area contributed by atoms with Gasteiger partial charge in [0, 0.05) is 24.4 Å². The lowest BCUT2D eigenvalue weighted by Gasteiger charge is -2.07. The number of aromatic nitrogens is 2. The molecule has 0 radical (unpaired) electrons. The molecule has 0 amide bonds. The number of hydrogen-bond acceptors (Lipinski definition) is 1. The van der Waals surface area contributed by atoms with E-state index >= 15 is 0 Å². The summed E-state index contributed by atoms with van der Waals surface area (Å²) in [5, 5.41) is 0. The summed E-state index contributed by atoms with van der Waals surface area (Å²) in [5.74, 6) is 2.03. The van der Waals surface area contributed by atoms with Crippen molar-refractivity contribution in [3.8, 4) is 0 Å². The topological polar surface area (TPSA) is 17.8 Å². The van der Waals surface area contributed by atoms with Gasteiger partial charge in [-0.05, 0) is 30.9 Å². The van der Waals surface area contributed by atoms with Gasteiger partial charge >= 0.3 is 0 Å². The molecule has 0 spiro atoms. The summed E-state index contributed by atoms with van der Waals surface area (Å²) in [5.41, 5.74) is 2.47. The van der Waals surface area contributed by atoms with Crippen molar-refractivity contribution in [2.24, 2.45) is 5.92 Å². The molecule has 0 N–H and O–H groups in total. The number of imidazole rings is 1. The van der Waals surface area contributed by atoms with Gasteiger partial charge in [-0.15, -0.1) is 11.6 Å². The number of nitrogens with zero attached hydrogens (tertiary/aromatic N) is 2. The summed E-state index contributed by atoms with van der Waals surface area (Å²) in [6.45, 7) is 4.03. The van der Waals surface area contributed by atoms with Crippen LogP contribution >= 0.6 is 11.6 Å². The van der Waals surface area contributed by atoms with Crippen molar-refractivity contribution in [2.45, 2.75) is 32.7 Å². The highest BCUT2D eigenvalue weighted by molar-refractivity contribution is 6.17. The second kappa shape index (κ2) is 4.23. The smallest absolute Gasteiger partial charge is 0.128 e. The molecular formula is C14H16ClFN2. The number of fused-ring (bicyclic) bond motifs is 1. The normalized spacial score (nSPS) is 22.7. The first kappa shape index (κ1) is 12.0. The minimum absolute atomic E-state index is 0.187. The largest absolute Gasteiger partial charge is 0.325 e. The van der Waals surface area contributed by atoms with E-state index in [0.29, 0.717) is 23.4 Å². The molecule has 4 heteroatoms.